The molecule has 0 radical (unpaired) electrons. The van der Waals surface area contributed by atoms with Gasteiger partial charge in [-0.3, -0.25) is 4.98 Å². The van der Waals surface area contributed by atoms with Gasteiger partial charge in [-0.15, -0.1) is 0 Å². The van der Waals surface area contributed by atoms with Crippen molar-refractivity contribution in [2.75, 3.05) is 0 Å². The molecule has 0 spiro atoms. The van der Waals surface area contributed by atoms with E-state index < -0.39 is 6.10 Å². The summed E-state index contributed by atoms with van der Waals surface area (Å²) < 4.78 is 0. The first kappa shape index (κ1) is 12.1. The molecule has 2 atom stereocenters. The molecule has 17 heavy (non-hydrogen) atoms. The molecule has 2 nitrogen and oxygen atoms in total. The first-order valence-electron chi connectivity index (χ1n) is 6.12. The maximum Gasteiger partial charge on any atom is 0.0824 e. The Morgan fingerprint density at radius 2 is 1.88 bits per heavy atom. The van der Waals surface area contributed by atoms with Gasteiger partial charge in [0, 0.05) is 17.8 Å². The zero-order chi connectivity index (χ0) is 12.4. The van der Waals surface area contributed by atoms with Gasteiger partial charge >= 0.3 is 0 Å². The van der Waals surface area contributed by atoms with Crippen LogP contribution in [0.1, 0.15) is 32.4 Å². The van der Waals surface area contributed by atoms with E-state index >= 15 is 0 Å². The van der Waals surface area contributed by atoms with Gasteiger partial charge in [0.1, 0.15) is 0 Å². The van der Waals surface area contributed by atoms with Crippen LogP contribution in [-0.4, -0.2) is 10.1 Å². The number of hydrogen-bond acceptors (Lipinski definition) is 2. The molecule has 1 aromatic carbocycles. The van der Waals surface area contributed by atoms with Crippen LogP contribution in [0.4, 0.5) is 0 Å². The number of benzene rings is 1. The number of aliphatic hydroxyl groups excluding tert-OH is 1. The van der Waals surface area contributed by atoms with Gasteiger partial charge in [-0.1, -0.05) is 39.0 Å². The van der Waals surface area contributed by atoms with Crippen molar-refractivity contribution in [2.45, 2.75) is 26.9 Å². The molecule has 2 heteroatoms. The second-order valence-electron chi connectivity index (χ2n) is 4.99. The lowest BCUT2D eigenvalue weighted by atomic mass is 9.86. The Kier molecular flexibility index (Phi) is 3.43. The fraction of sp³-hybridized carbons (Fsp3) is 0.400. The molecule has 90 valence electrons. The zero-order valence-corrected chi connectivity index (χ0v) is 10.6. The van der Waals surface area contributed by atoms with Crippen LogP contribution in [0.25, 0.3) is 10.8 Å². The lowest BCUT2D eigenvalue weighted by Crippen LogP contribution is -2.15. The second-order valence-corrected chi connectivity index (χ2v) is 4.99. The van der Waals surface area contributed by atoms with Gasteiger partial charge in [0.15, 0.2) is 0 Å². The minimum Gasteiger partial charge on any atom is -0.388 e. The van der Waals surface area contributed by atoms with Crippen LogP contribution in [0.3, 0.4) is 0 Å². The first-order valence-corrected chi connectivity index (χ1v) is 6.12. The minimum atomic E-state index is -0.428. The van der Waals surface area contributed by atoms with Crippen molar-refractivity contribution < 1.29 is 5.11 Å². The van der Waals surface area contributed by atoms with Crippen molar-refractivity contribution in [1.82, 2.24) is 4.98 Å². The molecule has 2 unspecified atom stereocenters. The summed E-state index contributed by atoms with van der Waals surface area (Å²) in [5.41, 5.74) is 0.983. The molecule has 0 saturated heterocycles. The second kappa shape index (κ2) is 4.84. The summed E-state index contributed by atoms with van der Waals surface area (Å²) in [6.07, 6.45) is 3.19. The van der Waals surface area contributed by atoms with E-state index in [0.29, 0.717) is 5.92 Å². The summed E-state index contributed by atoms with van der Waals surface area (Å²) in [7, 11) is 0. The molecule has 1 N–H and O–H groups in total. The van der Waals surface area contributed by atoms with Crippen LogP contribution in [0.15, 0.2) is 36.7 Å². The number of nitrogens with zero attached hydrogens (tertiary/aromatic N) is 1. The Morgan fingerprint density at radius 3 is 2.59 bits per heavy atom. The van der Waals surface area contributed by atoms with Gasteiger partial charge in [-0.05, 0) is 28.9 Å². The molecular formula is C15H19NO. The summed E-state index contributed by atoms with van der Waals surface area (Å²) in [6, 6.07) is 8.01. The quantitative estimate of drug-likeness (QED) is 0.873. The molecule has 0 fully saturated rings. The minimum absolute atomic E-state index is 0.237. The van der Waals surface area contributed by atoms with Crippen LogP contribution in [0.5, 0.6) is 0 Å². The van der Waals surface area contributed by atoms with E-state index in [1.54, 1.807) is 6.20 Å². The lowest BCUT2D eigenvalue weighted by Gasteiger charge is -2.23. The molecule has 0 amide bonds. The molecule has 1 aromatic heterocycles. The van der Waals surface area contributed by atoms with Crippen molar-refractivity contribution in [3.8, 4) is 0 Å². The molecule has 0 aliphatic carbocycles. The van der Waals surface area contributed by atoms with Gasteiger partial charge in [0.05, 0.1) is 6.10 Å². The van der Waals surface area contributed by atoms with Crippen LogP contribution in [-0.2, 0) is 0 Å². The highest BCUT2D eigenvalue weighted by molar-refractivity contribution is 5.85. The molecule has 0 bridgehead atoms. The third kappa shape index (κ3) is 2.32. The predicted molar refractivity (Wildman–Crippen MR) is 70.7 cm³/mol. The van der Waals surface area contributed by atoms with Crippen LogP contribution in [0.2, 0.25) is 0 Å². The highest BCUT2D eigenvalue weighted by Crippen LogP contribution is 2.31. The van der Waals surface area contributed by atoms with E-state index in [2.05, 4.69) is 25.8 Å². The smallest absolute Gasteiger partial charge is 0.0824 e. The number of aliphatic hydroxyl groups is 1. The Morgan fingerprint density at radius 1 is 1.12 bits per heavy atom. The third-order valence-electron chi connectivity index (χ3n) is 3.59. The normalized spacial score (nSPS) is 15.1. The molecule has 2 aromatic rings. The van der Waals surface area contributed by atoms with E-state index in [1.807, 2.05) is 30.5 Å². The van der Waals surface area contributed by atoms with Crippen LogP contribution in [0, 0.1) is 11.8 Å². The van der Waals surface area contributed by atoms with Gasteiger partial charge in [-0.2, -0.15) is 0 Å². The lowest BCUT2D eigenvalue weighted by molar-refractivity contribution is 0.0934. The van der Waals surface area contributed by atoms with Gasteiger partial charge in [0.25, 0.3) is 0 Å². The number of aromatic nitrogens is 1. The highest BCUT2D eigenvalue weighted by Gasteiger charge is 2.20. The SMILES string of the molecule is CC(C)C(C)C(O)c1cccc2ccncc12. The third-order valence-corrected chi connectivity index (χ3v) is 3.59. The molecular weight excluding hydrogens is 210 g/mol. The maximum atomic E-state index is 10.4. The topological polar surface area (TPSA) is 33.1 Å². The maximum absolute atomic E-state index is 10.4. The molecule has 0 aliphatic rings. The van der Waals surface area contributed by atoms with Crippen LogP contribution < -0.4 is 0 Å². The van der Waals surface area contributed by atoms with Crippen molar-refractivity contribution in [1.29, 1.82) is 0 Å². The Hall–Kier alpha value is -1.41. The van der Waals surface area contributed by atoms with Crippen molar-refractivity contribution >= 4 is 10.8 Å². The number of hydrogen-bond donors (Lipinski definition) is 1. The van der Waals surface area contributed by atoms with Crippen molar-refractivity contribution in [3.05, 3.63) is 42.2 Å². The predicted octanol–water partition coefficient (Wildman–Crippen LogP) is 3.56. The highest BCUT2D eigenvalue weighted by atomic mass is 16.3. The van der Waals surface area contributed by atoms with Crippen molar-refractivity contribution in [2.24, 2.45) is 11.8 Å². The van der Waals surface area contributed by atoms with E-state index in [1.165, 1.54) is 0 Å². The zero-order valence-electron chi connectivity index (χ0n) is 10.6. The monoisotopic (exact) mass is 229 g/mol. The summed E-state index contributed by atoms with van der Waals surface area (Å²) >= 11 is 0. The Labute approximate surface area is 102 Å². The standard InChI is InChI=1S/C15H19NO/c1-10(2)11(3)15(17)13-6-4-5-12-7-8-16-9-14(12)13/h4-11,15,17H,1-3H3. The average Bonchev–Trinajstić information content (AvgIpc) is 2.36. The molecule has 0 aliphatic heterocycles. The summed E-state index contributed by atoms with van der Waals surface area (Å²) in [4.78, 5) is 4.15. The Bertz CT molecular complexity index is 502. The van der Waals surface area contributed by atoms with E-state index in [-0.39, 0.29) is 5.92 Å². The summed E-state index contributed by atoms with van der Waals surface area (Å²) in [5, 5.41) is 12.6. The largest absolute Gasteiger partial charge is 0.388 e. The molecule has 2 rings (SSSR count). The summed E-state index contributed by atoms with van der Waals surface area (Å²) in [6.45, 7) is 6.36. The van der Waals surface area contributed by atoms with E-state index in [0.717, 1.165) is 16.3 Å². The van der Waals surface area contributed by atoms with E-state index in [9.17, 15) is 5.11 Å². The van der Waals surface area contributed by atoms with Crippen LogP contribution >= 0.6 is 0 Å². The number of fused-ring (bicyclic) bond motifs is 1. The first-order chi connectivity index (χ1) is 8.11. The average molecular weight is 229 g/mol. The van der Waals surface area contributed by atoms with Gasteiger partial charge < -0.3 is 5.11 Å². The number of pyridine rings is 1. The fourth-order valence-corrected chi connectivity index (χ4v) is 2.04. The van der Waals surface area contributed by atoms with Gasteiger partial charge in [0.2, 0.25) is 0 Å². The Balaban J connectivity index is 2.48. The fourth-order valence-electron chi connectivity index (χ4n) is 2.04. The molecule has 1 heterocycles. The molecule has 0 saturated carbocycles. The number of rotatable bonds is 3. The van der Waals surface area contributed by atoms with E-state index in [4.69, 9.17) is 0 Å². The summed E-state index contributed by atoms with van der Waals surface area (Å²) in [5.74, 6) is 0.692. The van der Waals surface area contributed by atoms with Gasteiger partial charge in [-0.25, -0.2) is 0 Å². The van der Waals surface area contributed by atoms with Crippen molar-refractivity contribution in [3.63, 3.8) is 0 Å².